The molecule has 1 atom stereocenters. The van der Waals surface area contributed by atoms with Crippen molar-refractivity contribution >= 4 is 17.0 Å². The number of carboxylic acid groups (broad SMARTS) is 1. The van der Waals surface area contributed by atoms with Gasteiger partial charge in [-0.25, -0.2) is 41.1 Å². The molecule has 1 aliphatic rings. The minimum absolute atomic E-state index is 0.00198. The maximum atomic E-state index is 15.4. The number of aromatic nitrogens is 3. The first-order valence-corrected chi connectivity index (χ1v) is 13.8. The molecule has 1 aliphatic heterocycles. The zero-order valence-electron chi connectivity index (χ0n) is 23.2. The third-order valence-corrected chi connectivity index (χ3v) is 7.50. The molecule has 1 N–H and O–H groups in total. The standard InChI is InChI=1S/C32H23F6N3O4/c33-22-8-16(31(37)38)4-5-17(22)15-45-29-3-1-2-26(39-29)21-13-23(34)18(9-24(21)35)12-28-40-30-25(36)10-19(32(42)43)11-27(30)41(28)14-20-6-7-44-20/h1-5,8-11,13,20,31H,6-7,12,14-15H2,(H,42,43)/t20-/m0/s1. The summed E-state index contributed by atoms with van der Waals surface area (Å²) in [7, 11) is 0. The summed E-state index contributed by atoms with van der Waals surface area (Å²) in [5, 5.41) is 9.40. The molecule has 2 aromatic heterocycles. The minimum atomic E-state index is -2.83. The summed E-state index contributed by atoms with van der Waals surface area (Å²) < 4.78 is 98.0. The van der Waals surface area contributed by atoms with Crippen molar-refractivity contribution in [2.24, 2.45) is 0 Å². The topological polar surface area (TPSA) is 86.5 Å². The van der Waals surface area contributed by atoms with Crippen LogP contribution in [0.25, 0.3) is 22.3 Å². The molecule has 6 rings (SSSR count). The molecule has 0 unspecified atom stereocenters. The van der Waals surface area contributed by atoms with E-state index in [1.165, 1.54) is 30.3 Å². The van der Waals surface area contributed by atoms with Crippen molar-refractivity contribution in [3.8, 4) is 17.1 Å². The van der Waals surface area contributed by atoms with Crippen LogP contribution in [0.5, 0.6) is 5.88 Å². The van der Waals surface area contributed by atoms with E-state index >= 15 is 8.78 Å². The van der Waals surface area contributed by atoms with Crippen molar-refractivity contribution < 1.29 is 45.7 Å². The molecule has 0 radical (unpaired) electrons. The van der Waals surface area contributed by atoms with Crippen LogP contribution in [0.3, 0.4) is 0 Å². The van der Waals surface area contributed by atoms with E-state index < -0.39 is 41.2 Å². The fourth-order valence-corrected chi connectivity index (χ4v) is 5.03. The Bertz CT molecular complexity index is 1930. The van der Waals surface area contributed by atoms with Gasteiger partial charge in [-0.1, -0.05) is 18.2 Å². The molecule has 5 aromatic rings. The van der Waals surface area contributed by atoms with Gasteiger partial charge >= 0.3 is 5.97 Å². The number of carbonyl (C=O) groups is 1. The summed E-state index contributed by atoms with van der Waals surface area (Å²) in [6, 6.07) is 11.3. The van der Waals surface area contributed by atoms with Gasteiger partial charge in [0.1, 0.15) is 35.4 Å². The first kappa shape index (κ1) is 30.1. The van der Waals surface area contributed by atoms with E-state index in [-0.39, 0.29) is 76.4 Å². The summed E-state index contributed by atoms with van der Waals surface area (Å²) in [6.45, 7) is 0.408. The molecule has 0 saturated carbocycles. The van der Waals surface area contributed by atoms with Crippen LogP contribution in [0.2, 0.25) is 0 Å². The second-order valence-corrected chi connectivity index (χ2v) is 10.5. The number of rotatable bonds is 10. The maximum Gasteiger partial charge on any atom is 0.335 e. The number of aromatic carboxylic acids is 1. The van der Waals surface area contributed by atoms with Crippen LogP contribution in [0.4, 0.5) is 26.3 Å². The Morgan fingerprint density at radius 2 is 1.73 bits per heavy atom. The number of carboxylic acids is 1. The molecule has 3 aromatic carbocycles. The molecule has 3 heterocycles. The lowest BCUT2D eigenvalue weighted by Gasteiger charge is -2.27. The third-order valence-electron chi connectivity index (χ3n) is 7.50. The Hall–Kier alpha value is -4.91. The highest BCUT2D eigenvalue weighted by Crippen LogP contribution is 2.30. The van der Waals surface area contributed by atoms with Gasteiger partial charge in [0.15, 0.2) is 5.82 Å². The Balaban J connectivity index is 1.26. The van der Waals surface area contributed by atoms with Gasteiger partial charge in [0.2, 0.25) is 5.88 Å². The monoisotopic (exact) mass is 627 g/mol. The highest BCUT2D eigenvalue weighted by atomic mass is 19.3. The summed E-state index contributed by atoms with van der Waals surface area (Å²) in [4.78, 5) is 20.0. The predicted octanol–water partition coefficient (Wildman–Crippen LogP) is 7.25. The zero-order valence-corrected chi connectivity index (χ0v) is 23.2. The highest BCUT2D eigenvalue weighted by molar-refractivity contribution is 5.92. The molecule has 0 spiro atoms. The van der Waals surface area contributed by atoms with Crippen molar-refractivity contribution in [1.29, 1.82) is 0 Å². The van der Waals surface area contributed by atoms with Crippen molar-refractivity contribution in [2.75, 3.05) is 6.61 Å². The number of alkyl halides is 2. The Morgan fingerprint density at radius 3 is 2.42 bits per heavy atom. The van der Waals surface area contributed by atoms with Crippen LogP contribution in [0.15, 0.2) is 60.7 Å². The summed E-state index contributed by atoms with van der Waals surface area (Å²) in [5.74, 6) is -4.54. The average Bonchev–Trinajstić information content (AvgIpc) is 3.33. The second-order valence-electron chi connectivity index (χ2n) is 10.5. The fourth-order valence-electron chi connectivity index (χ4n) is 5.03. The molecule has 0 amide bonds. The molecule has 13 heteroatoms. The second kappa shape index (κ2) is 12.2. The van der Waals surface area contributed by atoms with Gasteiger partial charge in [0.05, 0.1) is 29.4 Å². The van der Waals surface area contributed by atoms with Crippen molar-refractivity contribution in [2.45, 2.75) is 38.5 Å². The number of halogens is 6. The van der Waals surface area contributed by atoms with E-state index in [4.69, 9.17) is 9.47 Å². The normalized spacial score (nSPS) is 14.6. The Labute approximate surface area is 251 Å². The van der Waals surface area contributed by atoms with Gasteiger partial charge in [0.25, 0.3) is 6.43 Å². The van der Waals surface area contributed by atoms with Crippen LogP contribution in [0.1, 0.15) is 45.7 Å². The van der Waals surface area contributed by atoms with E-state index in [0.717, 1.165) is 24.3 Å². The molecular weight excluding hydrogens is 604 g/mol. The lowest BCUT2D eigenvalue weighted by molar-refractivity contribution is -0.0589. The highest BCUT2D eigenvalue weighted by Gasteiger charge is 2.25. The zero-order chi connectivity index (χ0) is 31.8. The molecule has 0 bridgehead atoms. The van der Waals surface area contributed by atoms with E-state index in [1.54, 1.807) is 4.57 Å². The smallest absolute Gasteiger partial charge is 0.335 e. The van der Waals surface area contributed by atoms with E-state index in [0.29, 0.717) is 19.1 Å². The summed E-state index contributed by atoms with van der Waals surface area (Å²) in [6.07, 6.45) is -2.57. The van der Waals surface area contributed by atoms with Gasteiger partial charge in [-0.3, -0.25) is 0 Å². The van der Waals surface area contributed by atoms with E-state index in [2.05, 4.69) is 9.97 Å². The quantitative estimate of drug-likeness (QED) is 0.164. The number of hydrogen-bond acceptors (Lipinski definition) is 5. The maximum absolute atomic E-state index is 15.4. The number of fused-ring (bicyclic) bond motifs is 1. The van der Waals surface area contributed by atoms with Gasteiger partial charge in [0, 0.05) is 35.8 Å². The first-order valence-electron chi connectivity index (χ1n) is 13.8. The van der Waals surface area contributed by atoms with E-state index in [9.17, 15) is 27.5 Å². The lowest BCUT2D eigenvalue weighted by atomic mass is 10.0. The number of ether oxygens (including phenoxy) is 2. The SMILES string of the molecule is O=C(O)c1cc(F)c2nc(Cc3cc(F)c(-c4cccc(OCc5ccc(C(F)F)cc5F)n4)cc3F)n(C[C@@H]3CCO3)c2c1. The summed E-state index contributed by atoms with van der Waals surface area (Å²) in [5.41, 5.74) is -0.916. The average molecular weight is 628 g/mol. The first-order chi connectivity index (χ1) is 21.6. The van der Waals surface area contributed by atoms with Crippen LogP contribution >= 0.6 is 0 Å². The van der Waals surface area contributed by atoms with Crippen LogP contribution < -0.4 is 4.74 Å². The number of benzene rings is 3. The molecule has 7 nitrogen and oxygen atoms in total. The van der Waals surface area contributed by atoms with Crippen LogP contribution in [-0.4, -0.2) is 38.3 Å². The number of imidazole rings is 1. The Kier molecular flexibility index (Phi) is 8.19. The fraction of sp³-hybridized carbons (Fsp3) is 0.219. The summed E-state index contributed by atoms with van der Waals surface area (Å²) >= 11 is 0. The molecule has 1 fully saturated rings. The van der Waals surface area contributed by atoms with Crippen molar-refractivity contribution in [3.63, 3.8) is 0 Å². The lowest BCUT2D eigenvalue weighted by Crippen LogP contribution is -2.31. The largest absolute Gasteiger partial charge is 0.478 e. The Morgan fingerprint density at radius 1 is 0.956 bits per heavy atom. The van der Waals surface area contributed by atoms with Crippen molar-refractivity contribution in [1.82, 2.24) is 14.5 Å². The van der Waals surface area contributed by atoms with Crippen LogP contribution in [0, 0.1) is 23.3 Å². The molecule has 1 saturated heterocycles. The number of pyridine rings is 1. The minimum Gasteiger partial charge on any atom is -0.478 e. The van der Waals surface area contributed by atoms with Crippen LogP contribution in [-0.2, 0) is 24.3 Å². The molecule has 45 heavy (non-hydrogen) atoms. The van der Waals surface area contributed by atoms with E-state index in [1.807, 2.05) is 0 Å². The molecule has 232 valence electrons. The number of nitrogens with zero attached hydrogens (tertiary/aromatic N) is 3. The number of hydrogen-bond donors (Lipinski definition) is 1. The predicted molar refractivity (Wildman–Crippen MR) is 149 cm³/mol. The molecule has 0 aliphatic carbocycles. The van der Waals surface area contributed by atoms with Crippen molar-refractivity contribution in [3.05, 3.63) is 112 Å². The van der Waals surface area contributed by atoms with Gasteiger partial charge in [-0.05, 0) is 48.4 Å². The van der Waals surface area contributed by atoms with Gasteiger partial charge in [-0.15, -0.1) is 0 Å². The molecular formula is C32H23F6N3O4. The van der Waals surface area contributed by atoms with Gasteiger partial charge in [-0.2, -0.15) is 0 Å². The van der Waals surface area contributed by atoms with Gasteiger partial charge < -0.3 is 19.1 Å². The third kappa shape index (κ3) is 6.21.